The fraction of sp³-hybridized carbons (Fsp3) is 0.167. The highest BCUT2D eigenvalue weighted by molar-refractivity contribution is 6.08. The van der Waals surface area contributed by atoms with Gasteiger partial charge in [-0.05, 0) is 54.3 Å². The Morgan fingerprint density at radius 3 is 2.54 bits per heavy atom. The molecule has 0 radical (unpaired) electrons. The van der Waals surface area contributed by atoms with Gasteiger partial charge in [0.25, 0.3) is 11.8 Å². The maximum atomic E-state index is 13.0. The van der Waals surface area contributed by atoms with Crippen LogP contribution < -0.4 is 10.2 Å². The normalized spacial score (nSPS) is 12.5. The van der Waals surface area contributed by atoms with Crippen LogP contribution in [0.2, 0.25) is 0 Å². The summed E-state index contributed by atoms with van der Waals surface area (Å²) in [5, 5.41) is 2.94. The SMILES string of the molecule is Cc1ccccc1CNC(=O)c1cccc(C(=O)N2CCc3ccccc32)c1. The molecule has 2 amide bonds. The zero-order chi connectivity index (χ0) is 19.5. The number of carbonyl (C=O) groups excluding carboxylic acids is 2. The first-order valence-electron chi connectivity index (χ1n) is 9.46. The second-order valence-corrected chi connectivity index (χ2v) is 7.03. The van der Waals surface area contributed by atoms with E-state index in [9.17, 15) is 9.59 Å². The summed E-state index contributed by atoms with van der Waals surface area (Å²) in [4.78, 5) is 27.4. The standard InChI is InChI=1S/C24H22N2O2/c1-17-7-2-3-9-21(17)16-25-23(27)19-10-6-11-20(15-19)24(28)26-14-13-18-8-4-5-12-22(18)26/h2-12,15H,13-14,16H2,1H3,(H,25,27). The van der Waals surface area contributed by atoms with Crippen LogP contribution in [0.1, 0.15) is 37.4 Å². The molecule has 0 fully saturated rings. The number of aryl methyl sites for hydroxylation is 1. The lowest BCUT2D eigenvalue weighted by atomic mass is 10.1. The molecule has 1 N–H and O–H groups in total. The first kappa shape index (κ1) is 18.0. The topological polar surface area (TPSA) is 49.4 Å². The summed E-state index contributed by atoms with van der Waals surface area (Å²) in [5.41, 5.74) is 5.38. The van der Waals surface area contributed by atoms with Crippen molar-refractivity contribution in [2.75, 3.05) is 11.4 Å². The van der Waals surface area contributed by atoms with Crippen molar-refractivity contribution in [1.82, 2.24) is 5.32 Å². The zero-order valence-corrected chi connectivity index (χ0v) is 15.8. The summed E-state index contributed by atoms with van der Waals surface area (Å²) >= 11 is 0. The third-order valence-electron chi connectivity index (χ3n) is 5.20. The van der Waals surface area contributed by atoms with E-state index in [4.69, 9.17) is 0 Å². The summed E-state index contributed by atoms with van der Waals surface area (Å²) < 4.78 is 0. The van der Waals surface area contributed by atoms with Crippen LogP contribution in [0.4, 0.5) is 5.69 Å². The molecule has 0 bridgehead atoms. The van der Waals surface area contributed by atoms with Crippen LogP contribution in [-0.2, 0) is 13.0 Å². The summed E-state index contributed by atoms with van der Waals surface area (Å²) in [7, 11) is 0. The molecular weight excluding hydrogens is 348 g/mol. The van der Waals surface area contributed by atoms with Gasteiger partial charge in [0.1, 0.15) is 0 Å². The van der Waals surface area contributed by atoms with Crippen molar-refractivity contribution in [3.8, 4) is 0 Å². The van der Waals surface area contributed by atoms with Crippen molar-refractivity contribution in [1.29, 1.82) is 0 Å². The zero-order valence-electron chi connectivity index (χ0n) is 15.8. The molecule has 140 valence electrons. The number of rotatable bonds is 4. The molecule has 1 heterocycles. The number of hydrogen-bond donors (Lipinski definition) is 1. The fourth-order valence-electron chi connectivity index (χ4n) is 3.58. The van der Waals surface area contributed by atoms with Crippen LogP contribution in [0.15, 0.2) is 72.8 Å². The molecule has 1 aliphatic heterocycles. The van der Waals surface area contributed by atoms with Crippen molar-refractivity contribution < 1.29 is 9.59 Å². The lowest BCUT2D eigenvalue weighted by Gasteiger charge is -2.17. The minimum Gasteiger partial charge on any atom is -0.348 e. The van der Waals surface area contributed by atoms with Gasteiger partial charge in [0.05, 0.1) is 0 Å². The summed E-state index contributed by atoms with van der Waals surface area (Å²) in [5.74, 6) is -0.252. The number of para-hydroxylation sites is 1. The molecule has 0 atom stereocenters. The van der Waals surface area contributed by atoms with Crippen LogP contribution in [0.5, 0.6) is 0 Å². The molecule has 4 heteroatoms. The van der Waals surface area contributed by atoms with E-state index in [2.05, 4.69) is 11.4 Å². The number of amides is 2. The van der Waals surface area contributed by atoms with Gasteiger partial charge in [-0.25, -0.2) is 0 Å². The third-order valence-corrected chi connectivity index (χ3v) is 5.20. The molecule has 1 aliphatic rings. The van der Waals surface area contributed by atoms with Gasteiger partial charge in [0, 0.05) is 29.9 Å². The Morgan fingerprint density at radius 1 is 0.929 bits per heavy atom. The lowest BCUT2D eigenvalue weighted by molar-refractivity contribution is 0.0951. The van der Waals surface area contributed by atoms with Gasteiger partial charge in [-0.3, -0.25) is 9.59 Å². The molecule has 4 nitrogen and oxygen atoms in total. The third kappa shape index (κ3) is 3.54. The van der Waals surface area contributed by atoms with E-state index < -0.39 is 0 Å². The highest BCUT2D eigenvalue weighted by Crippen LogP contribution is 2.28. The predicted octanol–water partition coefficient (Wildman–Crippen LogP) is 4.13. The van der Waals surface area contributed by atoms with E-state index in [0.29, 0.717) is 24.2 Å². The van der Waals surface area contributed by atoms with Crippen LogP contribution in [0.3, 0.4) is 0 Å². The lowest BCUT2D eigenvalue weighted by Crippen LogP contribution is -2.29. The largest absolute Gasteiger partial charge is 0.348 e. The van der Waals surface area contributed by atoms with E-state index in [1.54, 1.807) is 29.2 Å². The van der Waals surface area contributed by atoms with Gasteiger partial charge in [0.2, 0.25) is 0 Å². The summed E-state index contributed by atoms with van der Waals surface area (Å²) in [6, 6.07) is 22.9. The highest BCUT2D eigenvalue weighted by Gasteiger charge is 2.25. The van der Waals surface area contributed by atoms with Crippen LogP contribution in [-0.4, -0.2) is 18.4 Å². The summed E-state index contributed by atoms with van der Waals surface area (Å²) in [6.07, 6.45) is 0.860. The monoisotopic (exact) mass is 370 g/mol. The second kappa shape index (κ2) is 7.69. The number of nitrogens with zero attached hydrogens (tertiary/aromatic N) is 1. The molecule has 0 aromatic heterocycles. The predicted molar refractivity (Wildman–Crippen MR) is 111 cm³/mol. The van der Waals surface area contributed by atoms with Gasteiger partial charge < -0.3 is 10.2 Å². The molecule has 0 spiro atoms. The average Bonchev–Trinajstić information content (AvgIpc) is 3.16. The maximum absolute atomic E-state index is 13.0. The van der Waals surface area contributed by atoms with Crippen molar-refractivity contribution >= 4 is 17.5 Å². The first-order chi connectivity index (χ1) is 13.6. The molecule has 0 unspecified atom stereocenters. The molecular formula is C24H22N2O2. The smallest absolute Gasteiger partial charge is 0.258 e. The molecule has 3 aromatic carbocycles. The molecule has 0 aliphatic carbocycles. The fourth-order valence-corrected chi connectivity index (χ4v) is 3.58. The Balaban J connectivity index is 1.49. The number of carbonyl (C=O) groups is 2. The average molecular weight is 370 g/mol. The number of anilines is 1. The van der Waals surface area contributed by atoms with Crippen molar-refractivity contribution in [3.05, 3.63) is 101 Å². The summed E-state index contributed by atoms with van der Waals surface area (Å²) in [6.45, 7) is 3.15. The van der Waals surface area contributed by atoms with Crippen molar-refractivity contribution in [2.24, 2.45) is 0 Å². The Morgan fingerprint density at radius 2 is 1.68 bits per heavy atom. The Labute approximate surface area is 164 Å². The molecule has 3 aromatic rings. The van der Waals surface area contributed by atoms with Gasteiger partial charge in [-0.15, -0.1) is 0 Å². The van der Waals surface area contributed by atoms with Crippen molar-refractivity contribution in [3.63, 3.8) is 0 Å². The number of hydrogen-bond acceptors (Lipinski definition) is 2. The van der Waals surface area contributed by atoms with Gasteiger partial charge >= 0.3 is 0 Å². The van der Waals surface area contributed by atoms with Crippen LogP contribution in [0.25, 0.3) is 0 Å². The number of benzene rings is 3. The van der Waals surface area contributed by atoms with Crippen LogP contribution >= 0.6 is 0 Å². The number of nitrogens with one attached hydrogen (secondary N) is 1. The highest BCUT2D eigenvalue weighted by atomic mass is 16.2. The Hall–Kier alpha value is -3.40. The first-order valence-corrected chi connectivity index (χ1v) is 9.46. The van der Waals surface area contributed by atoms with Gasteiger partial charge in [0.15, 0.2) is 0 Å². The Bertz CT molecular complexity index is 1040. The van der Waals surface area contributed by atoms with Crippen molar-refractivity contribution in [2.45, 2.75) is 19.9 Å². The minimum atomic E-state index is -0.181. The van der Waals surface area contributed by atoms with E-state index in [1.807, 2.05) is 49.4 Å². The van der Waals surface area contributed by atoms with E-state index in [-0.39, 0.29) is 11.8 Å². The number of fused-ring (bicyclic) bond motifs is 1. The molecule has 0 saturated heterocycles. The quantitative estimate of drug-likeness (QED) is 0.751. The molecule has 28 heavy (non-hydrogen) atoms. The van der Waals surface area contributed by atoms with E-state index in [1.165, 1.54) is 5.56 Å². The van der Waals surface area contributed by atoms with Gasteiger partial charge in [-0.2, -0.15) is 0 Å². The maximum Gasteiger partial charge on any atom is 0.258 e. The molecule has 0 saturated carbocycles. The van der Waals surface area contributed by atoms with E-state index in [0.717, 1.165) is 23.2 Å². The molecule has 4 rings (SSSR count). The van der Waals surface area contributed by atoms with Crippen LogP contribution in [0, 0.1) is 6.92 Å². The Kier molecular flexibility index (Phi) is 4.94. The van der Waals surface area contributed by atoms with Gasteiger partial charge in [-0.1, -0.05) is 48.5 Å². The minimum absolute atomic E-state index is 0.0708. The van der Waals surface area contributed by atoms with E-state index >= 15 is 0 Å². The second-order valence-electron chi connectivity index (χ2n) is 7.03.